The molecule has 0 heterocycles. The van der Waals surface area contributed by atoms with Gasteiger partial charge in [-0.05, 0) is 24.8 Å². The SMILES string of the molecule is O=S(=O)(CCc1ccccc1)NCC1[CH]C(O)CC1O. The minimum Gasteiger partial charge on any atom is -0.393 e. The molecule has 0 amide bonds. The summed E-state index contributed by atoms with van der Waals surface area (Å²) in [6.07, 6.45) is 0.988. The van der Waals surface area contributed by atoms with E-state index in [0.29, 0.717) is 6.42 Å². The largest absolute Gasteiger partial charge is 0.393 e. The molecule has 3 atom stereocenters. The van der Waals surface area contributed by atoms with Gasteiger partial charge < -0.3 is 10.2 Å². The lowest BCUT2D eigenvalue weighted by atomic mass is 10.1. The zero-order chi connectivity index (χ0) is 14.6. The molecule has 1 radical (unpaired) electrons. The minimum absolute atomic E-state index is 0.0163. The second kappa shape index (κ2) is 6.67. The lowest BCUT2D eigenvalue weighted by Crippen LogP contribution is -2.34. The minimum atomic E-state index is -3.37. The van der Waals surface area contributed by atoms with Crippen LogP contribution in [0, 0.1) is 12.3 Å². The Bertz CT molecular complexity index is 517. The molecule has 0 spiro atoms. The van der Waals surface area contributed by atoms with Gasteiger partial charge in [0.15, 0.2) is 0 Å². The molecule has 1 aliphatic rings. The Kier molecular flexibility index (Phi) is 5.15. The molecule has 0 saturated heterocycles. The normalized spacial score (nSPS) is 26.8. The van der Waals surface area contributed by atoms with Crippen LogP contribution in [0.5, 0.6) is 0 Å². The zero-order valence-electron chi connectivity index (χ0n) is 11.1. The highest BCUT2D eigenvalue weighted by atomic mass is 32.2. The van der Waals surface area contributed by atoms with Gasteiger partial charge in [0.1, 0.15) is 0 Å². The maximum atomic E-state index is 11.9. The highest BCUT2D eigenvalue weighted by molar-refractivity contribution is 7.89. The molecule has 1 aliphatic carbocycles. The van der Waals surface area contributed by atoms with Crippen LogP contribution >= 0.6 is 0 Å². The number of aliphatic hydroxyl groups excluding tert-OH is 2. The van der Waals surface area contributed by atoms with Crippen LogP contribution < -0.4 is 4.72 Å². The molecule has 20 heavy (non-hydrogen) atoms. The molecule has 1 aromatic carbocycles. The van der Waals surface area contributed by atoms with Gasteiger partial charge in [0.2, 0.25) is 10.0 Å². The number of aliphatic hydroxyl groups is 2. The first-order chi connectivity index (χ1) is 9.46. The van der Waals surface area contributed by atoms with E-state index in [1.165, 1.54) is 0 Å². The fraction of sp³-hybridized carbons (Fsp3) is 0.500. The van der Waals surface area contributed by atoms with Crippen molar-refractivity contribution >= 4 is 10.0 Å². The van der Waals surface area contributed by atoms with Crippen LogP contribution in [0.4, 0.5) is 0 Å². The van der Waals surface area contributed by atoms with Gasteiger partial charge in [0.25, 0.3) is 0 Å². The Morgan fingerprint density at radius 1 is 1.20 bits per heavy atom. The predicted molar refractivity (Wildman–Crippen MR) is 76.4 cm³/mol. The van der Waals surface area contributed by atoms with Crippen molar-refractivity contribution in [3.05, 3.63) is 42.3 Å². The van der Waals surface area contributed by atoms with Gasteiger partial charge in [-0.25, -0.2) is 13.1 Å². The second-order valence-electron chi connectivity index (χ2n) is 5.13. The van der Waals surface area contributed by atoms with E-state index >= 15 is 0 Å². The van der Waals surface area contributed by atoms with Gasteiger partial charge in [-0.2, -0.15) is 0 Å². The topological polar surface area (TPSA) is 86.6 Å². The molecule has 3 N–H and O–H groups in total. The quantitative estimate of drug-likeness (QED) is 0.695. The third kappa shape index (κ3) is 4.56. The first kappa shape index (κ1) is 15.4. The molecular formula is C14H20NO4S. The summed E-state index contributed by atoms with van der Waals surface area (Å²) >= 11 is 0. The molecule has 5 nitrogen and oxygen atoms in total. The Labute approximate surface area is 119 Å². The fourth-order valence-electron chi connectivity index (χ4n) is 2.31. The molecule has 1 aromatic rings. The van der Waals surface area contributed by atoms with Crippen molar-refractivity contribution < 1.29 is 18.6 Å². The molecule has 2 rings (SSSR count). The van der Waals surface area contributed by atoms with E-state index in [1.54, 1.807) is 6.42 Å². The summed E-state index contributed by atoms with van der Waals surface area (Å²) in [5, 5.41) is 19.0. The number of rotatable bonds is 6. The van der Waals surface area contributed by atoms with Crippen molar-refractivity contribution in [1.82, 2.24) is 4.72 Å². The number of aryl methyl sites for hydroxylation is 1. The lowest BCUT2D eigenvalue weighted by Gasteiger charge is -2.14. The Morgan fingerprint density at radius 3 is 2.50 bits per heavy atom. The van der Waals surface area contributed by atoms with Crippen molar-refractivity contribution in [3.63, 3.8) is 0 Å². The van der Waals surface area contributed by atoms with Gasteiger partial charge >= 0.3 is 0 Å². The van der Waals surface area contributed by atoms with Crippen LogP contribution in [0.3, 0.4) is 0 Å². The molecular weight excluding hydrogens is 278 g/mol. The Morgan fingerprint density at radius 2 is 1.90 bits per heavy atom. The highest BCUT2D eigenvalue weighted by Crippen LogP contribution is 2.24. The van der Waals surface area contributed by atoms with E-state index < -0.39 is 22.2 Å². The van der Waals surface area contributed by atoms with Crippen LogP contribution in [0.2, 0.25) is 0 Å². The summed E-state index contributed by atoms with van der Waals surface area (Å²) in [6.45, 7) is 0.134. The van der Waals surface area contributed by atoms with Crippen molar-refractivity contribution in [3.8, 4) is 0 Å². The Hall–Kier alpha value is -0.950. The summed E-state index contributed by atoms with van der Waals surface area (Å²) in [7, 11) is -3.37. The molecule has 3 unspecified atom stereocenters. The maximum Gasteiger partial charge on any atom is 0.211 e. The molecule has 0 bridgehead atoms. The van der Waals surface area contributed by atoms with Crippen molar-refractivity contribution in [1.29, 1.82) is 0 Å². The summed E-state index contributed by atoms with van der Waals surface area (Å²) in [6, 6.07) is 9.42. The van der Waals surface area contributed by atoms with Crippen LogP contribution in [-0.2, 0) is 16.4 Å². The molecule has 1 saturated carbocycles. The van der Waals surface area contributed by atoms with Crippen LogP contribution in [0.25, 0.3) is 0 Å². The van der Waals surface area contributed by atoms with Gasteiger partial charge in [-0.15, -0.1) is 0 Å². The molecule has 111 valence electrons. The average molecular weight is 298 g/mol. The fourth-order valence-corrected chi connectivity index (χ4v) is 3.41. The van der Waals surface area contributed by atoms with E-state index in [4.69, 9.17) is 0 Å². The third-order valence-corrected chi connectivity index (χ3v) is 4.84. The number of nitrogens with one attached hydrogen (secondary N) is 1. The standard InChI is InChI=1S/C14H20NO4S/c16-13-8-12(14(17)9-13)10-15-20(18,19)7-6-11-4-2-1-3-5-11/h1-5,8,12-17H,6-7,9-10H2. The van der Waals surface area contributed by atoms with E-state index in [0.717, 1.165) is 5.56 Å². The van der Waals surface area contributed by atoms with Crippen LogP contribution in [-0.4, -0.2) is 43.1 Å². The third-order valence-electron chi connectivity index (χ3n) is 3.49. The molecule has 0 aliphatic heterocycles. The highest BCUT2D eigenvalue weighted by Gasteiger charge is 2.32. The number of hydrogen-bond acceptors (Lipinski definition) is 4. The maximum absolute atomic E-state index is 11.9. The van der Waals surface area contributed by atoms with Crippen LogP contribution in [0.15, 0.2) is 30.3 Å². The average Bonchev–Trinajstić information content (AvgIpc) is 2.74. The molecule has 1 fully saturated rings. The van der Waals surface area contributed by atoms with E-state index in [9.17, 15) is 18.6 Å². The predicted octanol–water partition coefficient (Wildman–Crippen LogP) is 0.0945. The van der Waals surface area contributed by atoms with Crippen molar-refractivity contribution in [2.75, 3.05) is 12.3 Å². The monoisotopic (exact) mass is 298 g/mol. The van der Waals surface area contributed by atoms with Crippen LogP contribution in [0.1, 0.15) is 12.0 Å². The van der Waals surface area contributed by atoms with Gasteiger partial charge in [-0.3, -0.25) is 0 Å². The number of hydrogen-bond donors (Lipinski definition) is 3. The van der Waals surface area contributed by atoms with Gasteiger partial charge in [0.05, 0.1) is 18.0 Å². The smallest absolute Gasteiger partial charge is 0.211 e. The summed E-state index contributed by atoms with van der Waals surface area (Å²) < 4.78 is 26.3. The van der Waals surface area contributed by atoms with E-state index in [2.05, 4.69) is 4.72 Å². The summed E-state index contributed by atoms with van der Waals surface area (Å²) in [5.41, 5.74) is 0.973. The first-order valence-electron chi connectivity index (χ1n) is 6.69. The van der Waals surface area contributed by atoms with Crippen molar-refractivity contribution in [2.24, 2.45) is 5.92 Å². The molecule has 6 heteroatoms. The van der Waals surface area contributed by atoms with Gasteiger partial charge in [0, 0.05) is 12.5 Å². The zero-order valence-corrected chi connectivity index (χ0v) is 12.0. The Balaban J connectivity index is 1.79. The summed E-state index contributed by atoms with van der Waals surface area (Å²) in [5.74, 6) is -0.306. The lowest BCUT2D eigenvalue weighted by molar-refractivity contribution is 0.121. The number of benzene rings is 1. The summed E-state index contributed by atoms with van der Waals surface area (Å²) in [4.78, 5) is 0. The van der Waals surface area contributed by atoms with Crippen molar-refractivity contribution in [2.45, 2.75) is 25.0 Å². The number of sulfonamides is 1. The second-order valence-corrected chi connectivity index (χ2v) is 7.06. The van der Waals surface area contributed by atoms with E-state index in [-0.39, 0.29) is 24.6 Å². The first-order valence-corrected chi connectivity index (χ1v) is 8.34. The van der Waals surface area contributed by atoms with E-state index in [1.807, 2.05) is 30.3 Å². The molecule has 0 aromatic heterocycles. The van der Waals surface area contributed by atoms with Gasteiger partial charge in [-0.1, -0.05) is 30.3 Å².